The summed E-state index contributed by atoms with van der Waals surface area (Å²) < 4.78 is 24.8. The van der Waals surface area contributed by atoms with Crippen LogP contribution in [0.25, 0.3) is 10.9 Å². The number of aromatic nitrogens is 2. The van der Waals surface area contributed by atoms with E-state index in [-0.39, 0.29) is 5.52 Å². The van der Waals surface area contributed by atoms with E-state index >= 15 is 0 Å². The lowest BCUT2D eigenvalue weighted by atomic mass is 10.2. The summed E-state index contributed by atoms with van der Waals surface area (Å²) in [4.78, 5) is 17.3. The van der Waals surface area contributed by atoms with Crippen LogP contribution in [0.1, 0.15) is 17.8 Å². The number of fused-ring (bicyclic) bond motifs is 1. The summed E-state index contributed by atoms with van der Waals surface area (Å²) in [5.41, 5.74) is 0.636. The molecule has 0 bridgehead atoms. The van der Waals surface area contributed by atoms with Crippen LogP contribution >= 0.6 is 15.9 Å². The molecule has 0 amide bonds. The Morgan fingerprint density at radius 1 is 1.44 bits per heavy atom. The molecule has 0 aliphatic heterocycles. The molecule has 3 nitrogen and oxygen atoms in total. The highest BCUT2D eigenvalue weighted by Crippen LogP contribution is 2.17. The Hall–Kier alpha value is -1.30. The molecule has 2 rings (SSSR count). The summed E-state index contributed by atoms with van der Waals surface area (Å²) in [5.74, 6) is -0.593. The van der Waals surface area contributed by atoms with Crippen LogP contribution in [0.2, 0.25) is 0 Å². The van der Waals surface area contributed by atoms with Crippen LogP contribution in [-0.2, 0) is 5.33 Å². The summed E-state index contributed by atoms with van der Waals surface area (Å²) >= 11 is 3.25. The number of nitrogens with zero attached hydrogens (tertiary/aromatic N) is 1. The Labute approximate surface area is 97.6 Å². The molecule has 1 heterocycles. The molecule has 2 aromatic rings. The largest absolute Gasteiger partial charge is 0.305 e. The molecule has 1 aromatic carbocycles. The third-order valence-corrected chi connectivity index (χ3v) is 2.80. The van der Waals surface area contributed by atoms with Gasteiger partial charge in [-0.2, -0.15) is 0 Å². The van der Waals surface area contributed by atoms with Gasteiger partial charge < -0.3 is 4.98 Å². The fraction of sp³-hybridized carbons (Fsp3) is 0.200. The van der Waals surface area contributed by atoms with Crippen molar-refractivity contribution in [1.82, 2.24) is 9.97 Å². The van der Waals surface area contributed by atoms with Crippen LogP contribution in [0.3, 0.4) is 0 Å². The summed E-state index contributed by atoms with van der Waals surface area (Å²) in [6.07, 6.45) is -2.77. The second-order valence-electron chi connectivity index (χ2n) is 3.24. The number of hydrogen-bond donors (Lipinski definition) is 1. The van der Waals surface area contributed by atoms with E-state index in [4.69, 9.17) is 0 Å². The van der Waals surface area contributed by atoms with Crippen molar-refractivity contribution in [1.29, 1.82) is 0 Å². The minimum atomic E-state index is -2.77. The molecule has 0 saturated carbocycles. The summed E-state index contributed by atoms with van der Waals surface area (Å²) in [7, 11) is 0. The third-order valence-electron chi connectivity index (χ3n) is 2.15. The first-order chi connectivity index (χ1) is 7.61. The Balaban J connectivity index is 2.71. The number of halogens is 3. The van der Waals surface area contributed by atoms with Crippen molar-refractivity contribution in [3.05, 3.63) is 39.9 Å². The van der Waals surface area contributed by atoms with E-state index in [1.54, 1.807) is 18.2 Å². The highest BCUT2D eigenvalue weighted by Gasteiger charge is 2.12. The summed E-state index contributed by atoms with van der Waals surface area (Å²) in [6, 6.07) is 4.93. The number of alkyl halides is 3. The molecule has 84 valence electrons. The van der Waals surface area contributed by atoms with Crippen molar-refractivity contribution in [2.45, 2.75) is 11.8 Å². The van der Waals surface area contributed by atoms with Crippen LogP contribution in [0.4, 0.5) is 8.78 Å². The predicted octanol–water partition coefficient (Wildman–Crippen LogP) is 2.76. The van der Waals surface area contributed by atoms with Gasteiger partial charge in [0, 0.05) is 5.33 Å². The number of benzene rings is 1. The highest BCUT2D eigenvalue weighted by molar-refractivity contribution is 9.08. The molecule has 0 fully saturated rings. The van der Waals surface area contributed by atoms with Gasteiger partial charge in [0.15, 0.2) is 5.82 Å². The Morgan fingerprint density at radius 3 is 2.81 bits per heavy atom. The van der Waals surface area contributed by atoms with Crippen molar-refractivity contribution in [2.24, 2.45) is 0 Å². The first-order valence-electron chi connectivity index (χ1n) is 4.49. The van der Waals surface area contributed by atoms with Crippen LogP contribution < -0.4 is 5.56 Å². The molecular weight excluding hydrogens is 282 g/mol. The van der Waals surface area contributed by atoms with E-state index in [0.717, 1.165) is 5.56 Å². The zero-order chi connectivity index (χ0) is 11.7. The molecule has 0 unspecified atom stereocenters. The van der Waals surface area contributed by atoms with Gasteiger partial charge in [-0.25, -0.2) is 13.8 Å². The van der Waals surface area contributed by atoms with Gasteiger partial charge in [0.2, 0.25) is 0 Å². The van der Waals surface area contributed by atoms with Crippen LogP contribution in [0.5, 0.6) is 0 Å². The highest BCUT2D eigenvalue weighted by atomic mass is 79.9. The molecule has 1 N–H and O–H groups in total. The van der Waals surface area contributed by atoms with Gasteiger partial charge in [-0.1, -0.05) is 22.0 Å². The molecule has 1 aromatic heterocycles. The molecule has 0 saturated heterocycles. The van der Waals surface area contributed by atoms with Crippen molar-refractivity contribution < 1.29 is 8.78 Å². The molecule has 0 atom stereocenters. The van der Waals surface area contributed by atoms with Crippen molar-refractivity contribution in [3.63, 3.8) is 0 Å². The lowest BCUT2D eigenvalue weighted by molar-refractivity contribution is 0.140. The average molecular weight is 289 g/mol. The van der Waals surface area contributed by atoms with Gasteiger partial charge in [0.1, 0.15) is 0 Å². The Morgan fingerprint density at radius 2 is 2.19 bits per heavy atom. The summed E-state index contributed by atoms with van der Waals surface area (Å²) in [5, 5.41) is 0.917. The lowest BCUT2D eigenvalue weighted by Crippen LogP contribution is -2.12. The van der Waals surface area contributed by atoms with Crippen LogP contribution in [0, 0.1) is 0 Å². The zero-order valence-corrected chi connectivity index (χ0v) is 9.59. The minimum absolute atomic E-state index is 0.281. The van der Waals surface area contributed by atoms with Crippen molar-refractivity contribution in [2.75, 3.05) is 0 Å². The fourth-order valence-electron chi connectivity index (χ4n) is 1.39. The van der Waals surface area contributed by atoms with Gasteiger partial charge in [-0.3, -0.25) is 4.79 Å². The second kappa shape index (κ2) is 4.29. The van der Waals surface area contributed by atoms with E-state index in [1.165, 1.54) is 0 Å². The number of rotatable bonds is 2. The van der Waals surface area contributed by atoms with Gasteiger partial charge in [0.25, 0.3) is 12.0 Å². The quantitative estimate of drug-likeness (QED) is 0.864. The first kappa shape index (κ1) is 11.2. The lowest BCUT2D eigenvalue weighted by Gasteiger charge is -2.02. The monoisotopic (exact) mass is 288 g/mol. The Kier molecular flexibility index (Phi) is 3.00. The van der Waals surface area contributed by atoms with E-state index < -0.39 is 17.8 Å². The van der Waals surface area contributed by atoms with Crippen LogP contribution in [-0.4, -0.2) is 9.97 Å². The van der Waals surface area contributed by atoms with E-state index in [2.05, 4.69) is 25.9 Å². The van der Waals surface area contributed by atoms with E-state index in [1.807, 2.05) is 0 Å². The van der Waals surface area contributed by atoms with Crippen molar-refractivity contribution >= 4 is 26.8 Å². The first-order valence-corrected chi connectivity index (χ1v) is 5.61. The molecule has 0 aliphatic rings. The topological polar surface area (TPSA) is 45.8 Å². The molecule has 0 aliphatic carbocycles. The van der Waals surface area contributed by atoms with Gasteiger partial charge >= 0.3 is 0 Å². The minimum Gasteiger partial charge on any atom is -0.305 e. The maximum atomic E-state index is 12.4. The van der Waals surface area contributed by atoms with Crippen molar-refractivity contribution in [3.8, 4) is 0 Å². The molecular formula is C10H7BrF2N2O. The maximum absolute atomic E-state index is 12.4. The van der Waals surface area contributed by atoms with Gasteiger partial charge in [0.05, 0.1) is 10.9 Å². The molecule has 6 heteroatoms. The third kappa shape index (κ3) is 1.97. The maximum Gasteiger partial charge on any atom is 0.295 e. The number of aromatic amines is 1. The fourth-order valence-corrected chi connectivity index (χ4v) is 1.74. The normalized spacial score (nSPS) is 11.2. The number of hydrogen-bond acceptors (Lipinski definition) is 2. The van der Waals surface area contributed by atoms with Crippen LogP contribution in [0.15, 0.2) is 23.0 Å². The smallest absolute Gasteiger partial charge is 0.295 e. The molecule has 0 spiro atoms. The predicted molar refractivity (Wildman–Crippen MR) is 60.0 cm³/mol. The van der Waals surface area contributed by atoms with E-state index in [0.29, 0.717) is 10.7 Å². The summed E-state index contributed by atoms with van der Waals surface area (Å²) in [6.45, 7) is 0. The van der Waals surface area contributed by atoms with Gasteiger partial charge in [-0.15, -0.1) is 0 Å². The van der Waals surface area contributed by atoms with Gasteiger partial charge in [-0.05, 0) is 17.7 Å². The zero-order valence-electron chi connectivity index (χ0n) is 8.01. The Bertz CT molecular complexity index is 583. The SMILES string of the molecule is O=c1[nH]c(C(F)F)nc2ccc(CBr)cc12. The van der Waals surface area contributed by atoms with E-state index in [9.17, 15) is 13.6 Å². The molecule has 16 heavy (non-hydrogen) atoms. The number of H-pyrrole nitrogens is 1. The second-order valence-corrected chi connectivity index (χ2v) is 3.80. The average Bonchev–Trinajstić information content (AvgIpc) is 2.28. The molecule has 0 radical (unpaired) electrons. The standard InChI is InChI=1S/C10H7BrF2N2O/c11-4-5-1-2-7-6(3-5)10(16)15-9(14-7)8(12)13/h1-3,8H,4H2,(H,14,15,16). The number of nitrogens with one attached hydrogen (secondary N) is 1.